The molecular weight excluding hydrogens is 156 g/mol. The van der Waals surface area contributed by atoms with Crippen LogP contribution in [0.4, 0.5) is 0 Å². The highest BCUT2D eigenvalue weighted by Gasteiger charge is 2.07. The first-order chi connectivity index (χ1) is 5.70. The lowest BCUT2D eigenvalue weighted by atomic mass is 10.1. The van der Waals surface area contributed by atoms with Crippen molar-refractivity contribution in [1.82, 2.24) is 4.98 Å². The van der Waals surface area contributed by atoms with Gasteiger partial charge in [-0.3, -0.25) is 14.6 Å². The second-order valence-corrected chi connectivity index (χ2v) is 2.30. The Labute approximate surface area is 69.4 Å². The Bertz CT molecular complexity index is 295. The first-order valence-corrected chi connectivity index (χ1v) is 3.41. The summed E-state index contributed by atoms with van der Waals surface area (Å²) in [5, 5.41) is 0. The minimum Gasteiger partial charge on any atom is -0.369 e. The van der Waals surface area contributed by atoms with Crippen LogP contribution in [0.3, 0.4) is 0 Å². The summed E-state index contributed by atoms with van der Waals surface area (Å²) in [6.45, 7) is 0. The average Bonchev–Trinajstić information content (AvgIpc) is 2.05. The van der Waals surface area contributed by atoms with E-state index in [0.717, 1.165) is 0 Å². The molecule has 0 fully saturated rings. The van der Waals surface area contributed by atoms with Gasteiger partial charge in [0.1, 0.15) is 0 Å². The minimum atomic E-state index is -0.614. The summed E-state index contributed by atoms with van der Waals surface area (Å²) in [6, 6.07) is 3.09. The number of nitrogens with two attached hydrogens (primary N) is 1. The molecule has 0 saturated heterocycles. The standard InChI is InChI=1S/C8H8N2O2/c9-8(12)5-7(11)6-1-3-10-4-2-6/h1-4H,5H2,(H2,9,12). The lowest BCUT2D eigenvalue weighted by Crippen LogP contribution is -2.16. The molecule has 4 heteroatoms. The fraction of sp³-hybridized carbons (Fsp3) is 0.125. The molecule has 1 rings (SSSR count). The largest absolute Gasteiger partial charge is 0.369 e. The van der Waals surface area contributed by atoms with E-state index in [4.69, 9.17) is 5.73 Å². The first-order valence-electron chi connectivity index (χ1n) is 3.41. The van der Waals surface area contributed by atoms with E-state index in [2.05, 4.69) is 4.98 Å². The highest BCUT2D eigenvalue weighted by atomic mass is 16.2. The molecule has 1 aromatic heterocycles. The van der Waals surface area contributed by atoms with Crippen LogP contribution in [0, 0.1) is 0 Å². The second-order valence-electron chi connectivity index (χ2n) is 2.30. The number of carbonyl (C=O) groups excluding carboxylic acids is 2. The summed E-state index contributed by atoms with van der Waals surface area (Å²) in [5.74, 6) is -0.887. The summed E-state index contributed by atoms with van der Waals surface area (Å²) < 4.78 is 0. The van der Waals surface area contributed by atoms with Gasteiger partial charge in [0, 0.05) is 18.0 Å². The van der Waals surface area contributed by atoms with E-state index < -0.39 is 5.91 Å². The molecule has 0 saturated carbocycles. The van der Waals surface area contributed by atoms with Crippen LogP contribution in [0.25, 0.3) is 0 Å². The van der Waals surface area contributed by atoms with Crippen LogP contribution in [0.5, 0.6) is 0 Å². The van der Waals surface area contributed by atoms with Gasteiger partial charge in [-0.1, -0.05) is 0 Å². The van der Waals surface area contributed by atoms with Crippen molar-refractivity contribution >= 4 is 11.7 Å². The molecule has 12 heavy (non-hydrogen) atoms. The molecule has 4 nitrogen and oxygen atoms in total. The van der Waals surface area contributed by atoms with Crippen LogP contribution < -0.4 is 5.73 Å². The number of amides is 1. The van der Waals surface area contributed by atoms with Crippen LogP contribution in [0.2, 0.25) is 0 Å². The number of hydrogen-bond donors (Lipinski definition) is 1. The number of primary amides is 1. The van der Waals surface area contributed by atoms with Crippen LogP contribution in [0.15, 0.2) is 24.5 Å². The number of ketones is 1. The Morgan fingerprint density at radius 2 is 1.92 bits per heavy atom. The summed E-state index contributed by atoms with van der Waals surface area (Å²) in [4.78, 5) is 25.2. The van der Waals surface area contributed by atoms with Crippen molar-refractivity contribution in [3.8, 4) is 0 Å². The van der Waals surface area contributed by atoms with Gasteiger partial charge in [0.2, 0.25) is 5.91 Å². The van der Waals surface area contributed by atoms with E-state index in [0.29, 0.717) is 5.56 Å². The zero-order chi connectivity index (χ0) is 8.97. The van der Waals surface area contributed by atoms with Crippen LogP contribution in [-0.2, 0) is 4.79 Å². The second kappa shape index (κ2) is 3.61. The summed E-state index contributed by atoms with van der Waals surface area (Å²) in [7, 11) is 0. The van der Waals surface area contributed by atoms with Crippen molar-refractivity contribution in [3.05, 3.63) is 30.1 Å². The minimum absolute atomic E-state index is 0.246. The highest BCUT2D eigenvalue weighted by Crippen LogP contribution is 2.00. The number of hydrogen-bond acceptors (Lipinski definition) is 3. The molecular formula is C8H8N2O2. The molecule has 0 aliphatic heterocycles. The molecule has 1 amide bonds. The number of carbonyl (C=O) groups is 2. The van der Waals surface area contributed by atoms with Gasteiger partial charge in [0.25, 0.3) is 0 Å². The van der Waals surface area contributed by atoms with Gasteiger partial charge < -0.3 is 5.73 Å². The van der Waals surface area contributed by atoms with Crippen molar-refractivity contribution in [2.45, 2.75) is 6.42 Å². The molecule has 0 aliphatic carbocycles. The fourth-order valence-electron chi connectivity index (χ4n) is 0.798. The third kappa shape index (κ3) is 2.16. The lowest BCUT2D eigenvalue weighted by Gasteiger charge is -1.95. The molecule has 62 valence electrons. The van der Waals surface area contributed by atoms with Gasteiger partial charge in [-0.05, 0) is 12.1 Å². The smallest absolute Gasteiger partial charge is 0.225 e. The maximum atomic E-state index is 11.1. The van der Waals surface area contributed by atoms with Crippen LogP contribution in [-0.4, -0.2) is 16.7 Å². The fourth-order valence-corrected chi connectivity index (χ4v) is 0.798. The van der Waals surface area contributed by atoms with Crippen LogP contribution >= 0.6 is 0 Å². The van der Waals surface area contributed by atoms with Gasteiger partial charge in [-0.15, -0.1) is 0 Å². The van der Waals surface area contributed by atoms with Crippen LogP contribution in [0.1, 0.15) is 16.8 Å². The van der Waals surface area contributed by atoms with Crippen molar-refractivity contribution < 1.29 is 9.59 Å². The normalized spacial score (nSPS) is 9.33. The summed E-state index contributed by atoms with van der Waals surface area (Å²) in [6.07, 6.45) is 2.74. The van der Waals surface area contributed by atoms with Gasteiger partial charge >= 0.3 is 0 Å². The van der Waals surface area contributed by atoms with E-state index in [1.54, 1.807) is 12.1 Å². The Hall–Kier alpha value is -1.71. The van der Waals surface area contributed by atoms with E-state index in [-0.39, 0.29) is 12.2 Å². The molecule has 0 unspecified atom stereocenters. The molecule has 0 radical (unpaired) electrons. The van der Waals surface area contributed by atoms with Gasteiger partial charge in [0.05, 0.1) is 6.42 Å². The maximum Gasteiger partial charge on any atom is 0.225 e. The van der Waals surface area contributed by atoms with E-state index in [1.165, 1.54) is 12.4 Å². The summed E-state index contributed by atoms with van der Waals surface area (Å²) >= 11 is 0. The summed E-state index contributed by atoms with van der Waals surface area (Å²) in [5.41, 5.74) is 5.32. The Morgan fingerprint density at radius 1 is 1.33 bits per heavy atom. The number of aromatic nitrogens is 1. The van der Waals surface area contributed by atoms with E-state index in [9.17, 15) is 9.59 Å². The Balaban J connectivity index is 2.73. The lowest BCUT2D eigenvalue weighted by molar-refractivity contribution is -0.117. The van der Waals surface area contributed by atoms with Gasteiger partial charge in [0.15, 0.2) is 5.78 Å². The monoisotopic (exact) mass is 164 g/mol. The predicted octanol–water partition coefficient (Wildman–Crippen LogP) is 0.140. The van der Waals surface area contributed by atoms with Crippen molar-refractivity contribution in [2.24, 2.45) is 5.73 Å². The van der Waals surface area contributed by atoms with Gasteiger partial charge in [-0.25, -0.2) is 0 Å². The Kier molecular flexibility index (Phi) is 2.53. The van der Waals surface area contributed by atoms with E-state index in [1.807, 2.05) is 0 Å². The van der Waals surface area contributed by atoms with Crippen molar-refractivity contribution in [1.29, 1.82) is 0 Å². The van der Waals surface area contributed by atoms with Crippen molar-refractivity contribution in [2.75, 3.05) is 0 Å². The van der Waals surface area contributed by atoms with Gasteiger partial charge in [-0.2, -0.15) is 0 Å². The average molecular weight is 164 g/mol. The molecule has 1 heterocycles. The maximum absolute atomic E-state index is 11.1. The highest BCUT2D eigenvalue weighted by molar-refractivity contribution is 6.06. The Morgan fingerprint density at radius 3 is 2.42 bits per heavy atom. The number of pyridine rings is 1. The zero-order valence-electron chi connectivity index (χ0n) is 6.36. The van der Waals surface area contributed by atoms with E-state index >= 15 is 0 Å². The molecule has 2 N–H and O–H groups in total. The zero-order valence-corrected chi connectivity index (χ0v) is 6.36. The molecule has 0 atom stereocenters. The number of rotatable bonds is 3. The third-order valence-corrected chi connectivity index (χ3v) is 1.34. The molecule has 0 bridgehead atoms. The molecule has 1 aromatic rings. The van der Waals surface area contributed by atoms with Crippen molar-refractivity contribution in [3.63, 3.8) is 0 Å². The first kappa shape index (κ1) is 8.39. The topological polar surface area (TPSA) is 73.1 Å². The quantitative estimate of drug-likeness (QED) is 0.510. The number of Topliss-reactive ketones (excluding diaryl/α,β-unsaturated/α-hetero) is 1. The molecule has 0 spiro atoms. The molecule has 0 aromatic carbocycles. The predicted molar refractivity (Wildman–Crippen MR) is 42.4 cm³/mol. The third-order valence-electron chi connectivity index (χ3n) is 1.34. The number of nitrogens with zero attached hydrogens (tertiary/aromatic N) is 1. The molecule has 0 aliphatic rings. The SMILES string of the molecule is NC(=O)CC(=O)c1ccncc1.